The quantitative estimate of drug-likeness (QED) is 0.703. The van der Waals surface area contributed by atoms with E-state index in [1.807, 2.05) is 6.07 Å². The molecule has 1 aromatic rings. The van der Waals surface area contributed by atoms with Crippen LogP contribution in [0, 0.1) is 5.82 Å². The maximum absolute atomic E-state index is 13.0. The SMILES string of the molecule is Oc1ccc(C2CCCC2)cc1F. The van der Waals surface area contributed by atoms with Gasteiger partial charge >= 0.3 is 0 Å². The lowest BCUT2D eigenvalue weighted by atomic mass is 9.98. The lowest BCUT2D eigenvalue weighted by molar-refractivity contribution is 0.431. The molecular weight excluding hydrogens is 167 g/mol. The minimum absolute atomic E-state index is 0.248. The summed E-state index contributed by atoms with van der Waals surface area (Å²) in [5.41, 5.74) is 1.04. The van der Waals surface area contributed by atoms with Gasteiger partial charge in [-0.25, -0.2) is 4.39 Å². The first kappa shape index (κ1) is 8.54. The van der Waals surface area contributed by atoms with Crippen molar-refractivity contribution in [1.29, 1.82) is 0 Å². The molecule has 0 aromatic heterocycles. The number of aromatic hydroxyl groups is 1. The molecule has 0 bridgehead atoms. The zero-order valence-corrected chi connectivity index (χ0v) is 7.46. The number of hydrogen-bond donors (Lipinski definition) is 1. The summed E-state index contributed by atoms with van der Waals surface area (Å²) in [6.45, 7) is 0. The standard InChI is InChI=1S/C11H13FO/c12-10-7-9(5-6-11(10)13)8-3-1-2-4-8/h5-8,13H,1-4H2. The maximum Gasteiger partial charge on any atom is 0.165 e. The third kappa shape index (κ3) is 1.67. The summed E-state index contributed by atoms with van der Waals surface area (Å²) < 4.78 is 13.0. The lowest BCUT2D eigenvalue weighted by Crippen LogP contribution is -1.92. The van der Waals surface area contributed by atoms with E-state index in [1.54, 1.807) is 0 Å². The first-order valence-electron chi connectivity index (χ1n) is 4.76. The predicted molar refractivity (Wildman–Crippen MR) is 49.3 cm³/mol. The number of rotatable bonds is 1. The van der Waals surface area contributed by atoms with E-state index in [2.05, 4.69) is 0 Å². The van der Waals surface area contributed by atoms with Crippen molar-refractivity contribution in [2.24, 2.45) is 0 Å². The molecule has 1 nitrogen and oxygen atoms in total. The molecule has 0 radical (unpaired) electrons. The summed E-state index contributed by atoms with van der Waals surface area (Å²) >= 11 is 0. The second kappa shape index (κ2) is 3.36. The van der Waals surface area contributed by atoms with E-state index < -0.39 is 5.82 Å². The number of halogens is 1. The molecule has 0 amide bonds. The molecule has 0 unspecified atom stereocenters. The molecule has 1 saturated carbocycles. The highest BCUT2D eigenvalue weighted by atomic mass is 19.1. The van der Waals surface area contributed by atoms with Crippen LogP contribution in [0.15, 0.2) is 18.2 Å². The normalized spacial score (nSPS) is 17.9. The molecule has 1 aromatic carbocycles. The van der Waals surface area contributed by atoms with Crippen LogP contribution in [0.5, 0.6) is 5.75 Å². The van der Waals surface area contributed by atoms with Gasteiger partial charge in [-0.1, -0.05) is 18.9 Å². The van der Waals surface area contributed by atoms with E-state index in [4.69, 9.17) is 5.11 Å². The van der Waals surface area contributed by atoms with E-state index >= 15 is 0 Å². The van der Waals surface area contributed by atoms with Gasteiger partial charge < -0.3 is 5.11 Å². The Balaban J connectivity index is 2.25. The smallest absolute Gasteiger partial charge is 0.165 e. The molecule has 1 fully saturated rings. The van der Waals surface area contributed by atoms with Crippen LogP contribution in [0.25, 0.3) is 0 Å². The van der Waals surface area contributed by atoms with Crippen LogP contribution in [0.1, 0.15) is 37.2 Å². The molecule has 1 aliphatic carbocycles. The molecule has 0 atom stereocenters. The van der Waals surface area contributed by atoms with Crippen LogP contribution in [0.2, 0.25) is 0 Å². The zero-order chi connectivity index (χ0) is 9.26. The number of benzene rings is 1. The molecule has 2 rings (SSSR count). The molecule has 0 spiro atoms. The topological polar surface area (TPSA) is 20.2 Å². The summed E-state index contributed by atoms with van der Waals surface area (Å²) in [5, 5.41) is 9.01. The zero-order valence-electron chi connectivity index (χ0n) is 7.46. The van der Waals surface area contributed by atoms with Crippen molar-refractivity contribution in [3.05, 3.63) is 29.6 Å². The third-order valence-corrected chi connectivity index (χ3v) is 2.80. The van der Waals surface area contributed by atoms with Crippen LogP contribution >= 0.6 is 0 Å². The van der Waals surface area contributed by atoms with Crippen molar-refractivity contribution < 1.29 is 9.50 Å². The van der Waals surface area contributed by atoms with E-state index in [1.165, 1.54) is 25.0 Å². The minimum Gasteiger partial charge on any atom is -0.505 e. The van der Waals surface area contributed by atoms with E-state index in [9.17, 15) is 4.39 Å². The predicted octanol–water partition coefficient (Wildman–Crippen LogP) is 3.19. The van der Waals surface area contributed by atoms with E-state index in [-0.39, 0.29) is 5.75 Å². The summed E-state index contributed by atoms with van der Waals surface area (Å²) in [5.74, 6) is -0.235. The molecule has 0 aliphatic heterocycles. The van der Waals surface area contributed by atoms with Crippen LogP contribution in [-0.2, 0) is 0 Å². The highest BCUT2D eigenvalue weighted by molar-refractivity contribution is 5.30. The van der Waals surface area contributed by atoms with Gasteiger partial charge in [-0.05, 0) is 36.5 Å². The van der Waals surface area contributed by atoms with E-state index in [0.29, 0.717) is 5.92 Å². The Morgan fingerprint density at radius 2 is 1.92 bits per heavy atom. The van der Waals surface area contributed by atoms with Crippen molar-refractivity contribution in [1.82, 2.24) is 0 Å². The Morgan fingerprint density at radius 3 is 2.54 bits per heavy atom. The lowest BCUT2D eigenvalue weighted by Gasteiger charge is -2.09. The van der Waals surface area contributed by atoms with Crippen molar-refractivity contribution in [3.63, 3.8) is 0 Å². The Morgan fingerprint density at radius 1 is 1.23 bits per heavy atom. The summed E-state index contributed by atoms with van der Waals surface area (Å²) in [6.07, 6.45) is 4.80. The van der Waals surface area contributed by atoms with Gasteiger partial charge in [0.1, 0.15) is 0 Å². The van der Waals surface area contributed by atoms with Crippen molar-refractivity contribution in [3.8, 4) is 5.75 Å². The van der Waals surface area contributed by atoms with Crippen LogP contribution in [0.4, 0.5) is 4.39 Å². The fourth-order valence-electron chi connectivity index (χ4n) is 2.04. The van der Waals surface area contributed by atoms with Crippen molar-refractivity contribution in [2.45, 2.75) is 31.6 Å². The molecule has 1 aliphatic rings. The van der Waals surface area contributed by atoms with Crippen molar-refractivity contribution in [2.75, 3.05) is 0 Å². The largest absolute Gasteiger partial charge is 0.505 e. The Kier molecular flexibility index (Phi) is 2.21. The third-order valence-electron chi connectivity index (χ3n) is 2.80. The van der Waals surface area contributed by atoms with Crippen LogP contribution in [-0.4, -0.2) is 5.11 Å². The first-order valence-corrected chi connectivity index (χ1v) is 4.76. The minimum atomic E-state index is -0.496. The summed E-state index contributed by atoms with van der Waals surface area (Å²) in [4.78, 5) is 0. The van der Waals surface area contributed by atoms with Gasteiger partial charge in [0.05, 0.1) is 0 Å². The van der Waals surface area contributed by atoms with Gasteiger partial charge in [-0.2, -0.15) is 0 Å². The Labute approximate surface area is 77.2 Å². The highest BCUT2D eigenvalue weighted by Gasteiger charge is 2.17. The van der Waals surface area contributed by atoms with Crippen LogP contribution < -0.4 is 0 Å². The van der Waals surface area contributed by atoms with Gasteiger partial charge in [-0.3, -0.25) is 0 Å². The Bertz CT molecular complexity index is 303. The van der Waals surface area contributed by atoms with Gasteiger partial charge in [0.2, 0.25) is 0 Å². The van der Waals surface area contributed by atoms with Gasteiger partial charge in [0.15, 0.2) is 11.6 Å². The summed E-state index contributed by atoms with van der Waals surface area (Å²) in [6, 6.07) is 4.74. The van der Waals surface area contributed by atoms with E-state index in [0.717, 1.165) is 18.4 Å². The van der Waals surface area contributed by atoms with Gasteiger partial charge in [-0.15, -0.1) is 0 Å². The number of phenols is 1. The average Bonchev–Trinajstić information content (AvgIpc) is 2.62. The molecule has 70 valence electrons. The molecular formula is C11H13FO. The van der Waals surface area contributed by atoms with Crippen molar-refractivity contribution >= 4 is 0 Å². The average molecular weight is 180 g/mol. The molecule has 0 saturated heterocycles. The fraction of sp³-hybridized carbons (Fsp3) is 0.455. The van der Waals surface area contributed by atoms with Crippen LogP contribution in [0.3, 0.4) is 0 Å². The number of hydrogen-bond acceptors (Lipinski definition) is 1. The highest BCUT2D eigenvalue weighted by Crippen LogP contribution is 2.35. The maximum atomic E-state index is 13.0. The second-order valence-corrected chi connectivity index (χ2v) is 3.69. The fourth-order valence-corrected chi connectivity index (χ4v) is 2.04. The van der Waals surface area contributed by atoms with Gasteiger partial charge in [0, 0.05) is 0 Å². The monoisotopic (exact) mass is 180 g/mol. The Hall–Kier alpha value is -1.05. The molecule has 0 heterocycles. The van der Waals surface area contributed by atoms with Gasteiger partial charge in [0.25, 0.3) is 0 Å². The molecule has 2 heteroatoms. The number of phenolic OH excluding ortho intramolecular Hbond substituents is 1. The summed E-state index contributed by atoms with van der Waals surface area (Å²) in [7, 11) is 0. The molecule has 1 N–H and O–H groups in total. The molecule has 13 heavy (non-hydrogen) atoms. The first-order chi connectivity index (χ1) is 6.27. The second-order valence-electron chi connectivity index (χ2n) is 3.69.